The molecule has 0 aromatic carbocycles. The van der Waals surface area contributed by atoms with Crippen LogP contribution < -0.4 is 0 Å². The number of unbranched alkanes of at least 4 members (excludes halogenated alkanes) is 1. The second kappa shape index (κ2) is 7.44. The Kier molecular flexibility index (Phi) is 5.88. The Hall–Kier alpha value is -0.570. The van der Waals surface area contributed by atoms with Crippen LogP contribution in [0.15, 0.2) is 0 Å². The molecule has 1 N–H and O–H groups in total. The Bertz CT molecular complexity index is 304. The number of hydrogen-bond acceptors (Lipinski definition) is 2. The van der Waals surface area contributed by atoms with Gasteiger partial charge in [0.1, 0.15) is 0 Å². The fourth-order valence-corrected chi connectivity index (χ4v) is 4.31. The predicted octanol–water partition coefficient (Wildman–Crippen LogP) is 3.92. The zero-order chi connectivity index (χ0) is 14.5. The Balaban J connectivity index is 1.86. The number of carboxylic acids is 1. The summed E-state index contributed by atoms with van der Waals surface area (Å²) < 4.78 is 0. The first-order valence-corrected chi connectivity index (χ1v) is 8.61. The van der Waals surface area contributed by atoms with E-state index >= 15 is 0 Å². The number of aliphatic carboxylic acids is 1. The number of piperidine rings is 1. The molecule has 20 heavy (non-hydrogen) atoms. The second-order valence-corrected chi connectivity index (χ2v) is 6.93. The third kappa shape index (κ3) is 3.97. The molecule has 0 spiro atoms. The van der Waals surface area contributed by atoms with Crippen LogP contribution in [-0.2, 0) is 4.79 Å². The summed E-state index contributed by atoms with van der Waals surface area (Å²) in [6, 6.07) is 1.35. The summed E-state index contributed by atoms with van der Waals surface area (Å²) in [7, 11) is 0. The highest BCUT2D eigenvalue weighted by Gasteiger charge is 2.41. The standard InChI is InChI=1S/C17H31NO2/c1-3-5-6-13(4-2)12-18-15-7-8-16(18)10-14(9-15)11-17(19)20/h13-16H,3-12H2,1-2H3,(H,19,20). The number of hydrogen-bond donors (Lipinski definition) is 1. The van der Waals surface area contributed by atoms with Gasteiger partial charge in [0, 0.05) is 25.0 Å². The molecule has 3 atom stereocenters. The van der Waals surface area contributed by atoms with E-state index in [1.807, 2.05) is 0 Å². The highest BCUT2D eigenvalue weighted by Crippen LogP contribution is 2.40. The minimum absolute atomic E-state index is 0.383. The zero-order valence-corrected chi connectivity index (χ0v) is 13.2. The number of carbonyl (C=O) groups is 1. The summed E-state index contributed by atoms with van der Waals surface area (Å²) in [5, 5.41) is 8.99. The van der Waals surface area contributed by atoms with Crippen molar-refractivity contribution in [3.63, 3.8) is 0 Å². The van der Waals surface area contributed by atoms with Crippen molar-refractivity contribution in [2.24, 2.45) is 11.8 Å². The van der Waals surface area contributed by atoms with Crippen LogP contribution in [0.1, 0.15) is 71.6 Å². The molecule has 2 heterocycles. The maximum atomic E-state index is 10.9. The van der Waals surface area contributed by atoms with Crippen molar-refractivity contribution in [3.05, 3.63) is 0 Å². The molecular formula is C17H31NO2. The Morgan fingerprint density at radius 1 is 1.25 bits per heavy atom. The van der Waals surface area contributed by atoms with Crippen LogP contribution in [-0.4, -0.2) is 34.6 Å². The van der Waals surface area contributed by atoms with E-state index in [1.54, 1.807) is 0 Å². The zero-order valence-electron chi connectivity index (χ0n) is 13.2. The molecule has 0 aromatic heterocycles. The molecule has 2 aliphatic heterocycles. The van der Waals surface area contributed by atoms with Crippen molar-refractivity contribution in [2.75, 3.05) is 6.54 Å². The number of carboxylic acid groups (broad SMARTS) is 1. The monoisotopic (exact) mass is 281 g/mol. The van der Waals surface area contributed by atoms with E-state index < -0.39 is 5.97 Å². The molecule has 0 saturated carbocycles. The van der Waals surface area contributed by atoms with Gasteiger partial charge >= 0.3 is 5.97 Å². The van der Waals surface area contributed by atoms with Crippen LogP contribution in [0.3, 0.4) is 0 Å². The van der Waals surface area contributed by atoms with E-state index in [9.17, 15) is 4.79 Å². The van der Waals surface area contributed by atoms with Crippen molar-refractivity contribution < 1.29 is 9.90 Å². The second-order valence-electron chi connectivity index (χ2n) is 6.93. The smallest absolute Gasteiger partial charge is 0.303 e. The minimum atomic E-state index is -0.614. The van der Waals surface area contributed by atoms with Crippen molar-refractivity contribution >= 4 is 5.97 Å². The van der Waals surface area contributed by atoms with Crippen LogP contribution in [0.4, 0.5) is 0 Å². The van der Waals surface area contributed by atoms with Crippen LogP contribution in [0.5, 0.6) is 0 Å². The first-order valence-electron chi connectivity index (χ1n) is 8.61. The normalized spacial score (nSPS) is 31.4. The third-order valence-electron chi connectivity index (χ3n) is 5.46. The lowest BCUT2D eigenvalue weighted by Gasteiger charge is -2.40. The summed E-state index contributed by atoms with van der Waals surface area (Å²) in [4.78, 5) is 13.6. The molecular weight excluding hydrogens is 250 g/mol. The van der Waals surface area contributed by atoms with Gasteiger partial charge in [0.15, 0.2) is 0 Å². The molecule has 2 rings (SSSR count). The van der Waals surface area contributed by atoms with Crippen molar-refractivity contribution in [3.8, 4) is 0 Å². The van der Waals surface area contributed by atoms with Crippen LogP contribution in [0.2, 0.25) is 0 Å². The number of fused-ring (bicyclic) bond motifs is 2. The van der Waals surface area contributed by atoms with Crippen molar-refractivity contribution in [1.82, 2.24) is 4.90 Å². The van der Waals surface area contributed by atoms with E-state index in [2.05, 4.69) is 18.7 Å². The number of rotatable bonds is 8. The van der Waals surface area contributed by atoms with Gasteiger partial charge in [0.05, 0.1) is 0 Å². The highest BCUT2D eigenvalue weighted by atomic mass is 16.4. The van der Waals surface area contributed by atoms with Crippen LogP contribution in [0, 0.1) is 11.8 Å². The summed E-state index contributed by atoms with van der Waals surface area (Å²) in [6.45, 7) is 5.85. The predicted molar refractivity (Wildman–Crippen MR) is 81.8 cm³/mol. The third-order valence-corrected chi connectivity index (χ3v) is 5.46. The molecule has 0 aliphatic carbocycles. The maximum Gasteiger partial charge on any atom is 0.303 e. The van der Waals surface area contributed by atoms with E-state index in [-0.39, 0.29) is 0 Å². The van der Waals surface area contributed by atoms with Crippen LogP contribution in [0.25, 0.3) is 0 Å². The van der Waals surface area contributed by atoms with Gasteiger partial charge in [0.2, 0.25) is 0 Å². The first kappa shape index (κ1) is 15.8. The highest BCUT2D eigenvalue weighted by molar-refractivity contribution is 5.67. The molecule has 0 amide bonds. The lowest BCUT2D eigenvalue weighted by molar-refractivity contribution is -0.138. The van der Waals surface area contributed by atoms with Gasteiger partial charge in [-0.25, -0.2) is 0 Å². The van der Waals surface area contributed by atoms with Crippen molar-refractivity contribution in [2.45, 2.75) is 83.7 Å². The lowest BCUT2D eigenvalue weighted by Crippen LogP contribution is -2.45. The summed E-state index contributed by atoms with van der Waals surface area (Å²) in [5.74, 6) is 0.656. The maximum absolute atomic E-state index is 10.9. The summed E-state index contributed by atoms with van der Waals surface area (Å²) in [6.07, 6.45) is 10.5. The molecule has 0 radical (unpaired) electrons. The molecule has 3 heteroatoms. The van der Waals surface area contributed by atoms with Crippen molar-refractivity contribution in [1.29, 1.82) is 0 Å². The fourth-order valence-electron chi connectivity index (χ4n) is 4.31. The Morgan fingerprint density at radius 2 is 1.90 bits per heavy atom. The van der Waals surface area contributed by atoms with Gasteiger partial charge in [-0.05, 0) is 43.9 Å². The van der Waals surface area contributed by atoms with Gasteiger partial charge in [-0.2, -0.15) is 0 Å². The summed E-state index contributed by atoms with van der Waals surface area (Å²) in [5.41, 5.74) is 0. The molecule has 116 valence electrons. The Morgan fingerprint density at radius 3 is 2.40 bits per heavy atom. The Labute approximate surface area is 123 Å². The average molecular weight is 281 g/mol. The molecule has 3 unspecified atom stereocenters. The van der Waals surface area contributed by atoms with E-state index in [0.29, 0.717) is 24.4 Å². The minimum Gasteiger partial charge on any atom is -0.481 e. The number of nitrogens with zero attached hydrogens (tertiary/aromatic N) is 1. The quantitative estimate of drug-likeness (QED) is 0.733. The van der Waals surface area contributed by atoms with Crippen LogP contribution >= 0.6 is 0 Å². The topological polar surface area (TPSA) is 40.5 Å². The fraction of sp³-hybridized carbons (Fsp3) is 0.941. The molecule has 2 bridgehead atoms. The summed E-state index contributed by atoms with van der Waals surface area (Å²) >= 11 is 0. The molecule has 2 aliphatic rings. The molecule has 2 fully saturated rings. The van der Waals surface area contributed by atoms with Gasteiger partial charge in [0.25, 0.3) is 0 Å². The van der Waals surface area contributed by atoms with Gasteiger partial charge in [-0.3, -0.25) is 9.69 Å². The van der Waals surface area contributed by atoms with Gasteiger partial charge < -0.3 is 5.11 Å². The van der Waals surface area contributed by atoms with Gasteiger partial charge in [-0.1, -0.05) is 33.1 Å². The van der Waals surface area contributed by atoms with E-state index in [1.165, 1.54) is 45.1 Å². The average Bonchev–Trinajstić information content (AvgIpc) is 2.64. The lowest BCUT2D eigenvalue weighted by atomic mass is 9.87. The van der Waals surface area contributed by atoms with E-state index in [0.717, 1.165) is 18.8 Å². The molecule has 0 aromatic rings. The van der Waals surface area contributed by atoms with E-state index in [4.69, 9.17) is 5.11 Å². The molecule has 2 saturated heterocycles. The molecule has 3 nitrogen and oxygen atoms in total. The largest absolute Gasteiger partial charge is 0.481 e. The first-order chi connectivity index (χ1) is 9.63. The van der Waals surface area contributed by atoms with Gasteiger partial charge in [-0.15, -0.1) is 0 Å². The SMILES string of the molecule is CCCCC(CC)CN1C2CCC1CC(CC(=O)O)C2.